The summed E-state index contributed by atoms with van der Waals surface area (Å²) in [5.41, 5.74) is 0. The molecule has 7 amide bonds. The third-order valence-corrected chi connectivity index (χ3v) is 2.72. The molecule has 1 aliphatic carbocycles. The second-order valence-corrected chi connectivity index (χ2v) is 4.33. The standard InChI is InChI=1S/C10H12N4O5/c1-13-7(16)8(17)14(10(13)19)4-6(15)12-9(18)11-5-2-3-5/h5H,2-4H2,1H3,(H2,11,12,15,18). The molecule has 2 rings (SSSR count). The fourth-order valence-corrected chi connectivity index (χ4v) is 1.51. The molecule has 2 fully saturated rings. The molecule has 0 bridgehead atoms. The number of hydrogen-bond acceptors (Lipinski definition) is 5. The number of carbonyl (C=O) groups excluding carboxylic acids is 5. The van der Waals surface area contributed by atoms with Crippen molar-refractivity contribution in [3.63, 3.8) is 0 Å². The molecule has 1 saturated carbocycles. The van der Waals surface area contributed by atoms with Crippen LogP contribution in [0.3, 0.4) is 0 Å². The van der Waals surface area contributed by atoms with Gasteiger partial charge < -0.3 is 5.32 Å². The zero-order valence-electron chi connectivity index (χ0n) is 10.1. The third-order valence-electron chi connectivity index (χ3n) is 2.72. The van der Waals surface area contributed by atoms with Gasteiger partial charge in [-0.05, 0) is 12.8 Å². The summed E-state index contributed by atoms with van der Waals surface area (Å²) in [4.78, 5) is 57.8. The zero-order valence-corrected chi connectivity index (χ0v) is 10.1. The number of nitrogens with zero attached hydrogens (tertiary/aromatic N) is 2. The number of amides is 7. The smallest absolute Gasteiger partial charge is 0.334 e. The molecule has 0 aromatic carbocycles. The van der Waals surface area contributed by atoms with Crippen molar-refractivity contribution in [2.24, 2.45) is 0 Å². The van der Waals surface area contributed by atoms with Crippen molar-refractivity contribution in [3.8, 4) is 0 Å². The minimum Gasteiger partial charge on any atom is -0.335 e. The van der Waals surface area contributed by atoms with Crippen LogP contribution in [-0.4, -0.2) is 59.2 Å². The second kappa shape index (κ2) is 4.67. The van der Waals surface area contributed by atoms with Gasteiger partial charge >= 0.3 is 23.9 Å². The van der Waals surface area contributed by atoms with Crippen molar-refractivity contribution in [1.29, 1.82) is 0 Å². The quantitative estimate of drug-likeness (QED) is 0.472. The maximum Gasteiger partial charge on any atom is 0.334 e. The van der Waals surface area contributed by atoms with Gasteiger partial charge in [0.05, 0.1) is 0 Å². The molecule has 9 heteroatoms. The fraction of sp³-hybridized carbons (Fsp3) is 0.500. The van der Waals surface area contributed by atoms with Crippen LogP contribution in [0.1, 0.15) is 12.8 Å². The van der Waals surface area contributed by atoms with Crippen LogP contribution in [0.25, 0.3) is 0 Å². The average Bonchev–Trinajstić information content (AvgIpc) is 3.12. The molecule has 1 heterocycles. The van der Waals surface area contributed by atoms with E-state index in [-0.39, 0.29) is 6.04 Å². The molecule has 1 saturated heterocycles. The van der Waals surface area contributed by atoms with Gasteiger partial charge in [-0.3, -0.25) is 24.6 Å². The van der Waals surface area contributed by atoms with Crippen molar-refractivity contribution in [1.82, 2.24) is 20.4 Å². The Morgan fingerprint density at radius 3 is 2.32 bits per heavy atom. The lowest BCUT2D eigenvalue weighted by Gasteiger charge is -2.12. The van der Waals surface area contributed by atoms with Gasteiger partial charge in [0.1, 0.15) is 6.54 Å². The molecular weight excluding hydrogens is 256 g/mol. The number of rotatable bonds is 3. The predicted molar refractivity (Wildman–Crippen MR) is 59.6 cm³/mol. The Labute approximate surface area is 107 Å². The van der Waals surface area contributed by atoms with Gasteiger partial charge in [0.2, 0.25) is 5.91 Å². The third kappa shape index (κ3) is 2.69. The summed E-state index contributed by atoms with van der Waals surface area (Å²) in [6.07, 6.45) is 1.73. The van der Waals surface area contributed by atoms with E-state index in [2.05, 4.69) is 5.32 Å². The maximum absolute atomic E-state index is 11.5. The lowest BCUT2D eigenvalue weighted by Crippen LogP contribution is -2.46. The van der Waals surface area contributed by atoms with E-state index in [0.717, 1.165) is 19.9 Å². The van der Waals surface area contributed by atoms with E-state index in [9.17, 15) is 24.0 Å². The highest BCUT2D eigenvalue weighted by Gasteiger charge is 2.43. The monoisotopic (exact) mass is 268 g/mol. The molecule has 0 unspecified atom stereocenters. The molecule has 0 aromatic heterocycles. The highest BCUT2D eigenvalue weighted by Crippen LogP contribution is 2.18. The number of hydrogen-bond donors (Lipinski definition) is 2. The van der Waals surface area contributed by atoms with Crippen LogP contribution in [0.4, 0.5) is 9.59 Å². The van der Waals surface area contributed by atoms with Crippen molar-refractivity contribution < 1.29 is 24.0 Å². The Bertz CT molecular complexity index is 484. The van der Waals surface area contributed by atoms with Crippen molar-refractivity contribution in [2.75, 3.05) is 13.6 Å². The van der Waals surface area contributed by atoms with Crippen LogP contribution in [0, 0.1) is 0 Å². The Hall–Kier alpha value is -2.45. The summed E-state index contributed by atoms with van der Waals surface area (Å²) >= 11 is 0. The molecule has 1 aliphatic heterocycles. The van der Waals surface area contributed by atoms with Crippen LogP contribution in [0.15, 0.2) is 0 Å². The number of carbonyl (C=O) groups is 5. The van der Waals surface area contributed by atoms with Crippen LogP contribution in [-0.2, 0) is 14.4 Å². The van der Waals surface area contributed by atoms with Gasteiger partial charge in [0.25, 0.3) is 0 Å². The molecule has 0 aromatic rings. The molecule has 2 N–H and O–H groups in total. The topological polar surface area (TPSA) is 116 Å². The summed E-state index contributed by atoms with van der Waals surface area (Å²) in [6, 6.07) is -1.48. The lowest BCUT2D eigenvalue weighted by molar-refractivity contribution is -0.143. The first-order chi connectivity index (χ1) is 8.90. The largest absolute Gasteiger partial charge is 0.335 e. The molecule has 0 radical (unpaired) electrons. The van der Waals surface area contributed by atoms with Crippen molar-refractivity contribution in [3.05, 3.63) is 0 Å². The highest BCUT2D eigenvalue weighted by atomic mass is 16.2. The first-order valence-corrected chi connectivity index (χ1v) is 5.64. The van der Waals surface area contributed by atoms with E-state index in [0.29, 0.717) is 9.80 Å². The lowest BCUT2D eigenvalue weighted by atomic mass is 10.5. The van der Waals surface area contributed by atoms with E-state index < -0.39 is 36.3 Å². The summed E-state index contributed by atoms with van der Waals surface area (Å²) in [7, 11) is 1.14. The van der Waals surface area contributed by atoms with E-state index in [1.54, 1.807) is 0 Å². The number of imide groups is 3. The summed E-state index contributed by atoms with van der Waals surface area (Å²) in [5.74, 6) is -2.91. The Kier molecular flexibility index (Phi) is 3.19. The molecule has 9 nitrogen and oxygen atoms in total. The first-order valence-electron chi connectivity index (χ1n) is 5.64. The van der Waals surface area contributed by atoms with Crippen LogP contribution < -0.4 is 10.6 Å². The zero-order chi connectivity index (χ0) is 14.2. The van der Waals surface area contributed by atoms with Gasteiger partial charge in [-0.15, -0.1) is 0 Å². The first kappa shape index (κ1) is 13.0. The van der Waals surface area contributed by atoms with E-state index in [1.807, 2.05) is 5.32 Å². The van der Waals surface area contributed by atoms with E-state index >= 15 is 0 Å². The fourth-order valence-electron chi connectivity index (χ4n) is 1.51. The summed E-state index contributed by atoms with van der Waals surface area (Å²) in [6.45, 7) is -0.661. The van der Waals surface area contributed by atoms with Crippen molar-refractivity contribution >= 4 is 29.8 Å². The number of nitrogens with one attached hydrogen (secondary N) is 2. The van der Waals surface area contributed by atoms with E-state index in [1.165, 1.54) is 0 Å². The van der Waals surface area contributed by atoms with Crippen molar-refractivity contribution in [2.45, 2.75) is 18.9 Å². The minimum atomic E-state index is -1.08. The van der Waals surface area contributed by atoms with Gasteiger partial charge in [0.15, 0.2) is 0 Å². The second-order valence-electron chi connectivity index (χ2n) is 4.33. The van der Waals surface area contributed by atoms with Gasteiger partial charge in [-0.2, -0.15) is 0 Å². The predicted octanol–water partition coefficient (Wildman–Crippen LogP) is -1.60. The normalized spacial score (nSPS) is 18.9. The van der Waals surface area contributed by atoms with Gasteiger partial charge in [-0.1, -0.05) is 0 Å². The average molecular weight is 268 g/mol. The summed E-state index contributed by atoms with van der Waals surface area (Å²) in [5, 5.41) is 4.50. The highest BCUT2D eigenvalue weighted by molar-refractivity contribution is 6.44. The van der Waals surface area contributed by atoms with Gasteiger partial charge in [-0.25, -0.2) is 14.5 Å². The molecule has 2 aliphatic rings. The SMILES string of the molecule is CN1C(=O)C(=O)N(CC(=O)NC(=O)NC2CC2)C1=O. The Morgan fingerprint density at radius 2 is 1.84 bits per heavy atom. The number of urea groups is 2. The summed E-state index contributed by atoms with van der Waals surface area (Å²) < 4.78 is 0. The van der Waals surface area contributed by atoms with Crippen LogP contribution in [0.5, 0.6) is 0 Å². The van der Waals surface area contributed by atoms with Crippen LogP contribution in [0.2, 0.25) is 0 Å². The molecule has 0 atom stereocenters. The van der Waals surface area contributed by atoms with Gasteiger partial charge in [0, 0.05) is 13.1 Å². The van der Waals surface area contributed by atoms with E-state index in [4.69, 9.17) is 0 Å². The maximum atomic E-state index is 11.5. The Morgan fingerprint density at radius 1 is 1.21 bits per heavy atom. The minimum absolute atomic E-state index is 0.0792. The molecule has 0 spiro atoms. The van der Waals surface area contributed by atoms with Crippen LogP contribution >= 0.6 is 0 Å². The molecular formula is C10H12N4O5. The molecule has 19 heavy (non-hydrogen) atoms. The Balaban J connectivity index is 1.87. The number of likely N-dealkylation sites (N-methyl/N-ethyl adjacent to an activating group) is 1. The molecule has 102 valence electrons.